The number of aryl methyl sites for hydroxylation is 3. The van der Waals surface area contributed by atoms with Gasteiger partial charge in [0.2, 0.25) is 5.91 Å². The fraction of sp³-hybridized carbons (Fsp3) is 0.421. The monoisotopic (exact) mass is 373 g/mol. The third-order valence-corrected chi connectivity index (χ3v) is 5.31. The van der Waals surface area contributed by atoms with Crippen molar-refractivity contribution in [3.8, 4) is 5.75 Å². The summed E-state index contributed by atoms with van der Waals surface area (Å²) < 4.78 is 6.06. The zero-order chi connectivity index (χ0) is 18.8. The standard InChI is InChI=1S/C19H23N3O3S/c1-11-6-5-7-12(2)17(11)25-15-9-22(10-15)18(24)14(4)26-19-20-13(3)8-16(23)21-19/h5-8,14-15H,9-10H2,1-4H3,(H,20,21,23)/t14-/m0/s1. The summed E-state index contributed by atoms with van der Waals surface area (Å²) in [6.07, 6.45) is 0.0212. The van der Waals surface area contributed by atoms with Crippen LogP contribution >= 0.6 is 11.8 Å². The van der Waals surface area contributed by atoms with Crippen molar-refractivity contribution in [3.05, 3.63) is 51.4 Å². The molecule has 1 atom stereocenters. The van der Waals surface area contributed by atoms with E-state index in [2.05, 4.69) is 9.97 Å². The molecule has 1 amide bonds. The lowest BCUT2D eigenvalue weighted by molar-refractivity contribution is -0.139. The van der Waals surface area contributed by atoms with E-state index in [0.29, 0.717) is 23.9 Å². The normalized spacial score (nSPS) is 15.5. The molecular weight excluding hydrogens is 350 g/mol. The Labute approximate surface area is 157 Å². The Hall–Kier alpha value is -2.28. The van der Waals surface area contributed by atoms with Crippen molar-refractivity contribution in [2.75, 3.05) is 13.1 Å². The van der Waals surface area contributed by atoms with Gasteiger partial charge in [0, 0.05) is 11.8 Å². The van der Waals surface area contributed by atoms with Crippen LogP contribution in [0.2, 0.25) is 0 Å². The molecule has 2 heterocycles. The quantitative estimate of drug-likeness (QED) is 0.644. The van der Waals surface area contributed by atoms with Crippen molar-refractivity contribution in [1.29, 1.82) is 0 Å². The Kier molecular flexibility index (Phi) is 5.36. The van der Waals surface area contributed by atoms with E-state index in [1.54, 1.807) is 11.8 Å². The molecule has 6 nitrogen and oxygen atoms in total. The lowest BCUT2D eigenvalue weighted by Crippen LogP contribution is -2.58. The highest BCUT2D eigenvalue weighted by molar-refractivity contribution is 8.00. The number of nitrogens with zero attached hydrogens (tertiary/aromatic N) is 2. The molecule has 0 aliphatic carbocycles. The second-order valence-electron chi connectivity index (χ2n) is 6.66. The van der Waals surface area contributed by atoms with E-state index in [-0.39, 0.29) is 22.8 Å². The van der Waals surface area contributed by atoms with Crippen LogP contribution in [0, 0.1) is 20.8 Å². The number of thioether (sulfide) groups is 1. The van der Waals surface area contributed by atoms with Gasteiger partial charge < -0.3 is 14.6 Å². The van der Waals surface area contributed by atoms with Crippen molar-refractivity contribution < 1.29 is 9.53 Å². The highest BCUT2D eigenvalue weighted by Crippen LogP contribution is 2.27. The zero-order valence-electron chi connectivity index (χ0n) is 15.4. The third kappa shape index (κ3) is 4.09. The first kappa shape index (κ1) is 18.5. The summed E-state index contributed by atoms with van der Waals surface area (Å²) in [5.41, 5.74) is 2.65. The van der Waals surface area contributed by atoms with Gasteiger partial charge in [-0.1, -0.05) is 30.0 Å². The number of amides is 1. The Morgan fingerprint density at radius 2 is 1.96 bits per heavy atom. The Bertz CT molecular complexity index is 854. The Morgan fingerprint density at radius 3 is 2.58 bits per heavy atom. The molecule has 1 N–H and O–H groups in total. The Balaban J connectivity index is 1.55. The van der Waals surface area contributed by atoms with Crippen LogP contribution in [0.4, 0.5) is 0 Å². The smallest absolute Gasteiger partial charge is 0.251 e. The molecule has 0 radical (unpaired) electrons. The van der Waals surface area contributed by atoms with Crippen molar-refractivity contribution >= 4 is 17.7 Å². The van der Waals surface area contributed by atoms with Gasteiger partial charge in [-0.25, -0.2) is 4.98 Å². The molecule has 1 saturated heterocycles. The fourth-order valence-electron chi connectivity index (χ4n) is 2.93. The molecule has 2 aromatic rings. The van der Waals surface area contributed by atoms with Gasteiger partial charge in [-0.3, -0.25) is 9.59 Å². The minimum atomic E-state index is -0.318. The minimum Gasteiger partial charge on any atom is -0.486 e. The largest absolute Gasteiger partial charge is 0.486 e. The van der Waals surface area contributed by atoms with Crippen LogP contribution in [0.3, 0.4) is 0 Å². The first-order valence-electron chi connectivity index (χ1n) is 8.60. The molecule has 1 aliphatic rings. The molecule has 0 unspecified atom stereocenters. The van der Waals surface area contributed by atoms with Crippen molar-refractivity contribution in [2.45, 2.75) is 44.2 Å². The average Bonchev–Trinajstić information content (AvgIpc) is 2.51. The van der Waals surface area contributed by atoms with Gasteiger partial charge in [-0.05, 0) is 38.8 Å². The molecule has 1 aliphatic heterocycles. The summed E-state index contributed by atoms with van der Waals surface area (Å²) >= 11 is 1.27. The van der Waals surface area contributed by atoms with Crippen LogP contribution in [0.25, 0.3) is 0 Å². The number of hydrogen-bond acceptors (Lipinski definition) is 5. The summed E-state index contributed by atoms with van der Waals surface area (Å²) in [5, 5.41) is 0.154. The molecule has 138 valence electrons. The number of nitrogens with one attached hydrogen (secondary N) is 1. The van der Waals surface area contributed by atoms with Crippen LogP contribution in [0.1, 0.15) is 23.7 Å². The van der Waals surface area contributed by atoms with Crippen LogP contribution in [-0.2, 0) is 4.79 Å². The number of likely N-dealkylation sites (tertiary alicyclic amines) is 1. The van der Waals surface area contributed by atoms with E-state index in [0.717, 1.165) is 16.9 Å². The van der Waals surface area contributed by atoms with E-state index in [1.165, 1.54) is 17.8 Å². The van der Waals surface area contributed by atoms with Gasteiger partial charge in [0.05, 0.1) is 18.3 Å². The summed E-state index contributed by atoms with van der Waals surface area (Å²) in [6, 6.07) is 7.49. The van der Waals surface area contributed by atoms with Gasteiger partial charge in [0.1, 0.15) is 11.9 Å². The summed E-state index contributed by atoms with van der Waals surface area (Å²) in [5.74, 6) is 0.939. The molecule has 7 heteroatoms. The highest BCUT2D eigenvalue weighted by Gasteiger charge is 2.35. The van der Waals surface area contributed by atoms with Crippen molar-refractivity contribution in [3.63, 3.8) is 0 Å². The van der Waals surface area contributed by atoms with E-state index in [4.69, 9.17) is 4.74 Å². The zero-order valence-corrected chi connectivity index (χ0v) is 16.2. The van der Waals surface area contributed by atoms with Gasteiger partial charge >= 0.3 is 0 Å². The van der Waals surface area contributed by atoms with Gasteiger partial charge in [0.25, 0.3) is 5.56 Å². The molecule has 1 fully saturated rings. The molecule has 26 heavy (non-hydrogen) atoms. The fourth-order valence-corrected chi connectivity index (χ4v) is 3.87. The van der Waals surface area contributed by atoms with Crippen molar-refractivity contribution in [1.82, 2.24) is 14.9 Å². The number of H-pyrrole nitrogens is 1. The van der Waals surface area contributed by atoms with E-state index in [9.17, 15) is 9.59 Å². The lowest BCUT2D eigenvalue weighted by atomic mass is 10.1. The molecule has 1 aromatic heterocycles. The summed E-state index contributed by atoms with van der Waals surface area (Å²) in [7, 11) is 0. The Morgan fingerprint density at radius 1 is 1.31 bits per heavy atom. The molecule has 0 bridgehead atoms. The van der Waals surface area contributed by atoms with Crippen LogP contribution in [0.5, 0.6) is 5.75 Å². The number of aromatic amines is 1. The molecule has 0 saturated carbocycles. The number of benzene rings is 1. The summed E-state index contributed by atoms with van der Waals surface area (Å²) in [4.78, 5) is 32.8. The molecule has 3 rings (SSSR count). The average molecular weight is 373 g/mol. The maximum atomic E-state index is 12.6. The maximum Gasteiger partial charge on any atom is 0.251 e. The van der Waals surface area contributed by atoms with E-state index in [1.807, 2.05) is 39.0 Å². The number of ether oxygens (including phenoxy) is 1. The number of para-hydroxylation sites is 1. The summed E-state index contributed by atoms with van der Waals surface area (Å²) in [6.45, 7) is 8.80. The van der Waals surface area contributed by atoms with E-state index >= 15 is 0 Å². The van der Waals surface area contributed by atoms with Gasteiger partial charge in [0.15, 0.2) is 5.16 Å². The number of carbonyl (C=O) groups excluding carboxylic acids is 1. The predicted molar refractivity (Wildman–Crippen MR) is 102 cm³/mol. The topological polar surface area (TPSA) is 75.3 Å². The maximum absolute atomic E-state index is 12.6. The lowest BCUT2D eigenvalue weighted by Gasteiger charge is -2.40. The second-order valence-corrected chi connectivity index (χ2v) is 7.99. The number of aromatic nitrogens is 2. The number of hydrogen-bond donors (Lipinski definition) is 1. The van der Waals surface area contributed by atoms with Crippen LogP contribution in [0.15, 0.2) is 34.2 Å². The van der Waals surface area contributed by atoms with Gasteiger partial charge in [-0.2, -0.15) is 0 Å². The van der Waals surface area contributed by atoms with Gasteiger partial charge in [-0.15, -0.1) is 0 Å². The SMILES string of the molecule is Cc1cc(=O)[nH]c(S[C@@H](C)C(=O)N2CC(Oc3c(C)cccc3C)C2)n1. The first-order chi connectivity index (χ1) is 12.3. The highest BCUT2D eigenvalue weighted by atomic mass is 32.2. The minimum absolute atomic E-state index is 0.0212. The second kappa shape index (κ2) is 7.53. The molecule has 1 aromatic carbocycles. The van der Waals surface area contributed by atoms with Crippen LogP contribution < -0.4 is 10.3 Å². The van der Waals surface area contributed by atoms with Crippen molar-refractivity contribution in [2.24, 2.45) is 0 Å². The predicted octanol–water partition coefficient (Wildman–Crippen LogP) is 2.47. The number of carbonyl (C=O) groups is 1. The molecular formula is C19H23N3O3S. The third-order valence-electron chi connectivity index (χ3n) is 4.34. The number of rotatable bonds is 5. The molecule has 0 spiro atoms. The van der Waals surface area contributed by atoms with Crippen LogP contribution in [-0.4, -0.2) is 45.2 Å². The first-order valence-corrected chi connectivity index (χ1v) is 9.47. The van der Waals surface area contributed by atoms with E-state index < -0.39 is 0 Å².